The summed E-state index contributed by atoms with van der Waals surface area (Å²) in [5.41, 5.74) is 8.92. The van der Waals surface area contributed by atoms with Crippen molar-refractivity contribution in [2.75, 3.05) is 52.8 Å². The van der Waals surface area contributed by atoms with E-state index in [0.29, 0.717) is 64.4 Å². The Kier molecular flexibility index (Phi) is 10.2. The molecule has 1 heterocycles. The molecule has 2 rings (SSSR count). The van der Waals surface area contributed by atoms with Gasteiger partial charge in [-0.3, -0.25) is 0 Å². The van der Waals surface area contributed by atoms with Crippen LogP contribution in [0.15, 0.2) is 29.4 Å². The Morgan fingerprint density at radius 3 is 2.00 bits per heavy atom. The van der Waals surface area contributed by atoms with Crippen molar-refractivity contribution in [3.05, 3.63) is 40.5 Å². The molecule has 2 aromatic rings. The molecule has 1 aromatic carbocycles. The Bertz CT molecular complexity index is 721. The smallest absolute Gasteiger partial charge is 0.203 e. The zero-order valence-corrected chi connectivity index (χ0v) is 15.7. The number of ether oxygens (including phenoxy) is 4. The summed E-state index contributed by atoms with van der Waals surface area (Å²) in [4.78, 5) is 2.63. The second kappa shape index (κ2) is 13.3. The first-order valence-corrected chi connectivity index (χ1v) is 8.81. The van der Waals surface area contributed by atoms with Gasteiger partial charge in [0.25, 0.3) is 0 Å². The molecule has 0 saturated heterocycles. The van der Waals surface area contributed by atoms with Gasteiger partial charge in [0, 0.05) is 17.0 Å². The second-order valence-corrected chi connectivity index (χ2v) is 5.44. The predicted octanol–water partition coefficient (Wildman–Crippen LogP) is 1.98. The quantitative estimate of drug-likeness (QED) is 0.207. The fraction of sp³-hybridized carbons (Fsp3) is 0.529. The molecule has 0 fully saturated rings. The van der Waals surface area contributed by atoms with Crippen molar-refractivity contribution < 1.29 is 18.9 Å². The highest BCUT2D eigenvalue weighted by atomic mass is 16.6. The van der Waals surface area contributed by atoms with Crippen molar-refractivity contribution in [3.8, 4) is 17.1 Å². The molecule has 0 aliphatic carbocycles. The van der Waals surface area contributed by atoms with E-state index in [1.807, 2.05) is 24.3 Å². The Balaban J connectivity index is 1.48. The predicted molar refractivity (Wildman–Crippen MR) is 99.8 cm³/mol. The van der Waals surface area contributed by atoms with E-state index in [9.17, 15) is 0 Å². The van der Waals surface area contributed by atoms with Crippen molar-refractivity contribution in [1.82, 2.24) is 20.4 Å². The third-order valence-electron chi connectivity index (χ3n) is 3.33. The molecule has 0 spiro atoms. The summed E-state index contributed by atoms with van der Waals surface area (Å²) in [6.07, 6.45) is 0. The van der Waals surface area contributed by atoms with Gasteiger partial charge in [0.1, 0.15) is 12.4 Å². The van der Waals surface area contributed by atoms with E-state index in [2.05, 4.69) is 30.4 Å². The Hall–Kier alpha value is -2.85. The van der Waals surface area contributed by atoms with Crippen LogP contribution in [0, 0.1) is 6.92 Å². The molecule has 0 N–H and O–H groups in total. The maximum Gasteiger partial charge on any atom is 0.203 e. The number of hydrogen-bond acceptors (Lipinski definition) is 9. The minimum atomic E-state index is 0.330. The first-order chi connectivity index (χ1) is 13.8. The number of nitrogens with zero attached hydrogens (tertiary/aromatic N) is 7. The van der Waals surface area contributed by atoms with E-state index in [4.69, 9.17) is 24.5 Å². The van der Waals surface area contributed by atoms with Crippen LogP contribution in [0.5, 0.6) is 5.75 Å². The van der Waals surface area contributed by atoms with E-state index in [-0.39, 0.29) is 0 Å². The molecule has 0 bridgehead atoms. The van der Waals surface area contributed by atoms with Crippen molar-refractivity contribution in [3.63, 3.8) is 0 Å². The van der Waals surface area contributed by atoms with Gasteiger partial charge in [-0.15, -0.1) is 20.4 Å². The molecular formula is C17H23N7O4. The van der Waals surface area contributed by atoms with E-state index in [1.165, 1.54) is 0 Å². The van der Waals surface area contributed by atoms with E-state index >= 15 is 0 Å². The number of aryl methyl sites for hydroxylation is 1. The molecular weight excluding hydrogens is 366 g/mol. The van der Waals surface area contributed by atoms with E-state index in [0.717, 1.165) is 11.3 Å². The molecule has 0 aliphatic rings. The van der Waals surface area contributed by atoms with Gasteiger partial charge in [0.15, 0.2) is 5.82 Å². The molecule has 0 radical (unpaired) electrons. The summed E-state index contributed by atoms with van der Waals surface area (Å²) in [5.74, 6) is 1.74. The van der Waals surface area contributed by atoms with E-state index < -0.39 is 0 Å². The first-order valence-electron chi connectivity index (χ1n) is 8.81. The lowest BCUT2D eigenvalue weighted by molar-refractivity contribution is 0.0106. The molecule has 1 aromatic heterocycles. The van der Waals surface area contributed by atoms with Crippen molar-refractivity contribution >= 4 is 0 Å². The van der Waals surface area contributed by atoms with Crippen molar-refractivity contribution in [1.29, 1.82) is 0 Å². The maximum absolute atomic E-state index is 8.10. The molecule has 0 saturated carbocycles. The summed E-state index contributed by atoms with van der Waals surface area (Å²) >= 11 is 0. The SMILES string of the molecule is Cc1nnc(-c2ccc(OCCOCCOCCOCCN=[N+]=[N-])cc2)nn1. The van der Waals surface area contributed by atoms with Crippen LogP contribution in [0.1, 0.15) is 5.82 Å². The van der Waals surface area contributed by atoms with Gasteiger partial charge in [-0.25, -0.2) is 0 Å². The monoisotopic (exact) mass is 389 g/mol. The molecule has 11 heteroatoms. The number of rotatable bonds is 14. The van der Waals surface area contributed by atoms with Gasteiger partial charge in [-0.1, -0.05) is 5.11 Å². The normalized spacial score (nSPS) is 10.5. The number of benzene rings is 1. The first kappa shape index (κ1) is 21.5. The lowest BCUT2D eigenvalue weighted by atomic mass is 10.2. The zero-order chi connectivity index (χ0) is 19.9. The van der Waals surface area contributed by atoms with Crippen LogP contribution in [0.25, 0.3) is 21.8 Å². The van der Waals surface area contributed by atoms with E-state index in [1.54, 1.807) is 6.92 Å². The van der Waals surface area contributed by atoms with Crippen LogP contribution in [0.4, 0.5) is 0 Å². The lowest BCUT2D eigenvalue weighted by Gasteiger charge is -2.08. The van der Waals surface area contributed by atoms with Crippen LogP contribution in [0.3, 0.4) is 0 Å². The topological polar surface area (TPSA) is 137 Å². The average molecular weight is 389 g/mol. The third-order valence-corrected chi connectivity index (χ3v) is 3.33. The van der Waals surface area contributed by atoms with Gasteiger partial charge in [0.05, 0.1) is 39.6 Å². The summed E-state index contributed by atoms with van der Waals surface area (Å²) < 4.78 is 21.6. The van der Waals surface area contributed by atoms with Gasteiger partial charge < -0.3 is 18.9 Å². The molecule has 28 heavy (non-hydrogen) atoms. The Labute approximate surface area is 162 Å². The van der Waals surface area contributed by atoms with Gasteiger partial charge in [-0.05, 0) is 36.7 Å². The number of hydrogen-bond donors (Lipinski definition) is 0. The average Bonchev–Trinajstić information content (AvgIpc) is 2.72. The van der Waals surface area contributed by atoms with Crippen molar-refractivity contribution in [2.24, 2.45) is 5.11 Å². The molecule has 11 nitrogen and oxygen atoms in total. The molecule has 150 valence electrons. The van der Waals surface area contributed by atoms with Gasteiger partial charge >= 0.3 is 0 Å². The third kappa shape index (κ3) is 8.69. The highest BCUT2D eigenvalue weighted by Gasteiger charge is 2.03. The minimum Gasteiger partial charge on any atom is -0.491 e. The Morgan fingerprint density at radius 1 is 0.821 bits per heavy atom. The van der Waals surface area contributed by atoms with Gasteiger partial charge in [0.2, 0.25) is 5.82 Å². The summed E-state index contributed by atoms with van der Waals surface area (Å²) in [7, 11) is 0. The van der Waals surface area contributed by atoms with Crippen LogP contribution < -0.4 is 4.74 Å². The minimum absolute atomic E-state index is 0.330. The van der Waals surface area contributed by atoms with Crippen molar-refractivity contribution in [2.45, 2.75) is 6.92 Å². The van der Waals surface area contributed by atoms with Crippen LogP contribution in [-0.4, -0.2) is 73.2 Å². The fourth-order valence-electron chi connectivity index (χ4n) is 2.01. The standard InChI is InChI=1S/C17H23N7O4/c1-14-20-22-17(23-21-14)15-2-4-16(5-3-15)28-13-12-27-11-10-26-9-8-25-7-6-19-24-18/h2-5H,6-13H2,1H3. The number of azide groups is 1. The largest absolute Gasteiger partial charge is 0.491 e. The lowest BCUT2D eigenvalue weighted by Crippen LogP contribution is -2.13. The second-order valence-electron chi connectivity index (χ2n) is 5.44. The van der Waals surface area contributed by atoms with Crippen LogP contribution in [0.2, 0.25) is 0 Å². The summed E-state index contributed by atoms with van der Waals surface area (Å²) in [6, 6.07) is 7.38. The summed E-state index contributed by atoms with van der Waals surface area (Å²) in [5, 5.41) is 19.1. The Morgan fingerprint density at radius 2 is 1.39 bits per heavy atom. The van der Waals surface area contributed by atoms with Gasteiger partial charge in [-0.2, -0.15) is 0 Å². The maximum atomic E-state index is 8.10. The highest BCUT2D eigenvalue weighted by Crippen LogP contribution is 2.18. The highest BCUT2D eigenvalue weighted by molar-refractivity contribution is 5.54. The fourth-order valence-corrected chi connectivity index (χ4v) is 2.01. The zero-order valence-electron chi connectivity index (χ0n) is 15.7. The van der Waals surface area contributed by atoms with Crippen LogP contribution in [-0.2, 0) is 14.2 Å². The number of aromatic nitrogens is 4. The molecule has 0 amide bonds. The van der Waals surface area contributed by atoms with Crippen LogP contribution >= 0.6 is 0 Å². The molecule has 0 atom stereocenters. The molecule has 0 aliphatic heterocycles. The summed E-state index contributed by atoms with van der Waals surface area (Å²) in [6.45, 7) is 5.25. The molecule has 0 unspecified atom stereocenters.